The lowest BCUT2D eigenvalue weighted by Gasteiger charge is -2.23. The number of hydrogen-bond donors (Lipinski definition) is 1. The molecule has 16 heavy (non-hydrogen) atoms. The molecule has 1 atom stereocenters. The monoisotopic (exact) mass is 215 g/mol. The van der Waals surface area contributed by atoms with Crippen LogP contribution in [0.5, 0.6) is 0 Å². The van der Waals surface area contributed by atoms with Crippen molar-refractivity contribution in [2.24, 2.45) is 0 Å². The standard InChI is InChI=1S/C15H21N/c1-2-13-6-8-14(9-7-13)10-11-15-5-3-4-12-16-15/h2,6-9,15-16H,1,3-5,10-12H2. The van der Waals surface area contributed by atoms with Gasteiger partial charge in [0.2, 0.25) is 0 Å². The molecule has 1 saturated heterocycles. The van der Waals surface area contributed by atoms with Gasteiger partial charge >= 0.3 is 0 Å². The zero-order valence-electron chi connectivity index (χ0n) is 9.91. The van der Waals surface area contributed by atoms with E-state index in [1.165, 1.54) is 49.8 Å². The van der Waals surface area contributed by atoms with Crippen molar-refractivity contribution in [2.45, 2.75) is 38.1 Å². The van der Waals surface area contributed by atoms with Crippen molar-refractivity contribution in [1.29, 1.82) is 0 Å². The molecule has 1 heteroatoms. The van der Waals surface area contributed by atoms with Crippen LogP contribution in [-0.2, 0) is 6.42 Å². The number of hydrogen-bond acceptors (Lipinski definition) is 1. The fourth-order valence-electron chi connectivity index (χ4n) is 2.33. The van der Waals surface area contributed by atoms with Crippen LogP contribution < -0.4 is 5.32 Å². The van der Waals surface area contributed by atoms with Crippen molar-refractivity contribution in [3.8, 4) is 0 Å². The van der Waals surface area contributed by atoms with E-state index in [1.54, 1.807) is 0 Å². The average molecular weight is 215 g/mol. The van der Waals surface area contributed by atoms with Gasteiger partial charge in [0.1, 0.15) is 0 Å². The highest BCUT2D eigenvalue weighted by molar-refractivity contribution is 5.47. The molecule has 0 radical (unpaired) electrons. The zero-order valence-corrected chi connectivity index (χ0v) is 9.91. The summed E-state index contributed by atoms with van der Waals surface area (Å²) in [5.41, 5.74) is 2.65. The zero-order chi connectivity index (χ0) is 11.2. The molecule has 0 amide bonds. The second kappa shape index (κ2) is 5.86. The first-order chi connectivity index (χ1) is 7.88. The summed E-state index contributed by atoms with van der Waals surface area (Å²) < 4.78 is 0. The smallest absolute Gasteiger partial charge is 0.00702 e. The van der Waals surface area contributed by atoms with Crippen LogP contribution >= 0.6 is 0 Å². The molecule has 1 aliphatic rings. The van der Waals surface area contributed by atoms with E-state index in [1.807, 2.05) is 6.08 Å². The molecule has 0 aliphatic carbocycles. The van der Waals surface area contributed by atoms with E-state index in [9.17, 15) is 0 Å². The number of benzene rings is 1. The summed E-state index contributed by atoms with van der Waals surface area (Å²) in [7, 11) is 0. The van der Waals surface area contributed by atoms with Gasteiger partial charge in [-0.25, -0.2) is 0 Å². The maximum absolute atomic E-state index is 3.77. The van der Waals surface area contributed by atoms with Crippen molar-refractivity contribution < 1.29 is 0 Å². The SMILES string of the molecule is C=Cc1ccc(CCC2CCCCN2)cc1. The first-order valence-corrected chi connectivity index (χ1v) is 6.33. The Balaban J connectivity index is 1.81. The summed E-state index contributed by atoms with van der Waals surface area (Å²) in [6.45, 7) is 4.98. The van der Waals surface area contributed by atoms with Crippen molar-refractivity contribution in [3.05, 3.63) is 42.0 Å². The van der Waals surface area contributed by atoms with E-state index >= 15 is 0 Å². The minimum absolute atomic E-state index is 0.743. The van der Waals surface area contributed by atoms with E-state index in [4.69, 9.17) is 0 Å². The van der Waals surface area contributed by atoms with Crippen LogP contribution in [0.4, 0.5) is 0 Å². The second-order valence-electron chi connectivity index (χ2n) is 4.63. The quantitative estimate of drug-likeness (QED) is 0.811. The normalized spacial score (nSPS) is 20.6. The molecule has 1 fully saturated rings. The highest BCUT2D eigenvalue weighted by Gasteiger charge is 2.11. The molecule has 2 rings (SSSR count). The fraction of sp³-hybridized carbons (Fsp3) is 0.467. The van der Waals surface area contributed by atoms with Crippen LogP contribution in [0.2, 0.25) is 0 Å². The fourth-order valence-corrected chi connectivity index (χ4v) is 2.33. The van der Waals surface area contributed by atoms with Gasteiger partial charge < -0.3 is 5.32 Å². The van der Waals surface area contributed by atoms with Crippen LogP contribution in [0.25, 0.3) is 6.08 Å². The molecule has 0 saturated carbocycles. The Morgan fingerprint density at radius 2 is 2.06 bits per heavy atom. The van der Waals surface area contributed by atoms with E-state index in [0.29, 0.717) is 0 Å². The molecule has 0 bridgehead atoms. The lowest BCUT2D eigenvalue weighted by Crippen LogP contribution is -2.34. The van der Waals surface area contributed by atoms with Crippen LogP contribution in [0.3, 0.4) is 0 Å². The lowest BCUT2D eigenvalue weighted by molar-refractivity contribution is 0.383. The van der Waals surface area contributed by atoms with E-state index in [-0.39, 0.29) is 0 Å². The third-order valence-corrected chi connectivity index (χ3v) is 3.41. The van der Waals surface area contributed by atoms with E-state index in [0.717, 1.165) is 6.04 Å². The van der Waals surface area contributed by atoms with Crippen molar-refractivity contribution in [1.82, 2.24) is 5.32 Å². The Kier molecular flexibility index (Phi) is 4.17. The van der Waals surface area contributed by atoms with Gasteiger partial charge in [-0.2, -0.15) is 0 Å². The van der Waals surface area contributed by atoms with Crippen LogP contribution in [0.15, 0.2) is 30.8 Å². The van der Waals surface area contributed by atoms with E-state index < -0.39 is 0 Å². The van der Waals surface area contributed by atoms with Crippen LogP contribution in [0, 0.1) is 0 Å². The number of aryl methyl sites for hydroxylation is 1. The molecule has 1 aromatic rings. The van der Waals surface area contributed by atoms with Crippen molar-refractivity contribution in [2.75, 3.05) is 6.54 Å². The van der Waals surface area contributed by atoms with E-state index in [2.05, 4.69) is 36.2 Å². The summed E-state index contributed by atoms with van der Waals surface area (Å²) in [5.74, 6) is 0. The molecular formula is C15H21N. The number of piperidine rings is 1. The van der Waals surface area contributed by atoms with Crippen molar-refractivity contribution in [3.63, 3.8) is 0 Å². The van der Waals surface area contributed by atoms with Gasteiger partial charge in [-0.15, -0.1) is 0 Å². The molecule has 86 valence electrons. The maximum Gasteiger partial charge on any atom is 0.00702 e. The summed E-state index contributed by atoms with van der Waals surface area (Å²) in [4.78, 5) is 0. The molecule has 0 spiro atoms. The first kappa shape index (κ1) is 11.4. The molecule has 0 aromatic heterocycles. The molecule has 1 unspecified atom stereocenters. The third-order valence-electron chi connectivity index (χ3n) is 3.41. The molecule has 1 aliphatic heterocycles. The first-order valence-electron chi connectivity index (χ1n) is 6.33. The van der Waals surface area contributed by atoms with Gasteiger partial charge in [0.05, 0.1) is 0 Å². The summed E-state index contributed by atoms with van der Waals surface area (Å²) in [6, 6.07) is 9.49. The lowest BCUT2D eigenvalue weighted by atomic mass is 9.97. The summed E-state index contributed by atoms with van der Waals surface area (Å²) in [6.07, 6.45) is 8.46. The minimum atomic E-state index is 0.743. The Morgan fingerprint density at radius 1 is 1.25 bits per heavy atom. The molecular weight excluding hydrogens is 194 g/mol. The Bertz CT molecular complexity index is 320. The van der Waals surface area contributed by atoms with Crippen LogP contribution in [0.1, 0.15) is 36.8 Å². The predicted molar refractivity (Wildman–Crippen MR) is 70.5 cm³/mol. The second-order valence-corrected chi connectivity index (χ2v) is 4.63. The topological polar surface area (TPSA) is 12.0 Å². The summed E-state index contributed by atoms with van der Waals surface area (Å²) in [5, 5.41) is 3.60. The summed E-state index contributed by atoms with van der Waals surface area (Å²) >= 11 is 0. The average Bonchev–Trinajstić information content (AvgIpc) is 2.38. The number of nitrogens with one attached hydrogen (secondary N) is 1. The molecule has 1 heterocycles. The van der Waals surface area contributed by atoms with Gasteiger partial charge in [0, 0.05) is 6.04 Å². The van der Waals surface area contributed by atoms with Gasteiger partial charge in [-0.1, -0.05) is 43.3 Å². The van der Waals surface area contributed by atoms with Gasteiger partial charge in [-0.05, 0) is 43.4 Å². The largest absolute Gasteiger partial charge is 0.314 e. The van der Waals surface area contributed by atoms with Gasteiger partial charge in [0.25, 0.3) is 0 Å². The molecule has 1 nitrogen and oxygen atoms in total. The van der Waals surface area contributed by atoms with Gasteiger partial charge in [-0.3, -0.25) is 0 Å². The third kappa shape index (κ3) is 3.21. The van der Waals surface area contributed by atoms with Crippen LogP contribution in [-0.4, -0.2) is 12.6 Å². The molecule has 1 N–H and O–H groups in total. The number of rotatable bonds is 4. The predicted octanol–water partition coefficient (Wildman–Crippen LogP) is 3.40. The highest BCUT2D eigenvalue weighted by Crippen LogP contribution is 2.14. The minimum Gasteiger partial charge on any atom is -0.314 e. The maximum atomic E-state index is 3.77. The molecule has 1 aromatic carbocycles. The van der Waals surface area contributed by atoms with Crippen molar-refractivity contribution >= 4 is 6.08 Å². The Morgan fingerprint density at radius 3 is 2.69 bits per heavy atom. The Hall–Kier alpha value is -1.08. The van der Waals surface area contributed by atoms with Gasteiger partial charge in [0.15, 0.2) is 0 Å². The Labute approximate surface area is 98.6 Å². The highest BCUT2D eigenvalue weighted by atomic mass is 14.9.